The van der Waals surface area contributed by atoms with Gasteiger partial charge in [-0.15, -0.1) is 0 Å². The lowest BCUT2D eigenvalue weighted by Crippen LogP contribution is -2.50. The molecule has 0 unspecified atom stereocenters. The van der Waals surface area contributed by atoms with Gasteiger partial charge < -0.3 is 15.0 Å². The summed E-state index contributed by atoms with van der Waals surface area (Å²) in [5.74, 6) is 0.0291. The summed E-state index contributed by atoms with van der Waals surface area (Å²) in [7, 11) is 0. The summed E-state index contributed by atoms with van der Waals surface area (Å²) in [5, 5.41) is 3.93. The van der Waals surface area contributed by atoms with Crippen LogP contribution >= 0.6 is 23.2 Å². The molecule has 0 bridgehead atoms. The van der Waals surface area contributed by atoms with E-state index < -0.39 is 6.04 Å². The van der Waals surface area contributed by atoms with Gasteiger partial charge in [-0.3, -0.25) is 9.59 Å². The fourth-order valence-corrected chi connectivity index (χ4v) is 3.09. The second-order valence-corrected chi connectivity index (χ2v) is 7.09. The van der Waals surface area contributed by atoms with Gasteiger partial charge in [0.1, 0.15) is 11.8 Å². The number of hydrogen-bond donors (Lipinski definition) is 1. The Balaban J connectivity index is 2.18. The van der Waals surface area contributed by atoms with E-state index in [9.17, 15) is 9.59 Å². The number of likely N-dealkylation sites (N-methyl/N-ethyl adjacent to an activating group) is 1. The van der Waals surface area contributed by atoms with Crippen LogP contribution < -0.4 is 10.1 Å². The molecule has 0 aromatic heterocycles. The smallest absolute Gasteiger partial charge is 0.261 e. The highest BCUT2D eigenvalue weighted by molar-refractivity contribution is 6.30. The van der Waals surface area contributed by atoms with Crippen molar-refractivity contribution < 1.29 is 14.3 Å². The number of carbonyl (C=O) groups excluding carboxylic acids is 2. The van der Waals surface area contributed by atoms with Crippen molar-refractivity contribution in [2.24, 2.45) is 0 Å². The normalized spacial score (nSPS) is 11.6. The minimum absolute atomic E-state index is 0.185. The molecule has 1 atom stereocenters. The summed E-state index contributed by atoms with van der Waals surface area (Å²) in [4.78, 5) is 27.0. The lowest BCUT2D eigenvalue weighted by molar-refractivity contribution is -0.142. The average Bonchev–Trinajstić information content (AvgIpc) is 2.68. The first kappa shape index (κ1) is 22.1. The molecule has 150 valence electrons. The van der Waals surface area contributed by atoms with Crippen molar-refractivity contribution in [1.29, 1.82) is 0 Å². The van der Waals surface area contributed by atoms with Crippen molar-refractivity contribution in [1.82, 2.24) is 10.2 Å². The number of ether oxygens (including phenoxy) is 1. The van der Waals surface area contributed by atoms with E-state index in [0.717, 1.165) is 5.56 Å². The van der Waals surface area contributed by atoms with Gasteiger partial charge in [-0.05, 0) is 49.2 Å². The molecule has 0 fully saturated rings. The highest BCUT2D eigenvalue weighted by Crippen LogP contribution is 2.19. The van der Waals surface area contributed by atoms with Crippen molar-refractivity contribution in [2.75, 3.05) is 13.2 Å². The molecule has 28 heavy (non-hydrogen) atoms. The Kier molecular flexibility index (Phi) is 8.61. The van der Waals surface area contributed by atoms with Crippen LogP contribution in [-0.2, 0) is 16.1 Å². The molecule has 0 aliphatic carbocycles. The van der Waals surface area contributed by atoms with Crippen molar-refractivity contribution in [3.05, 3.63) is 64.1 Å². The van der Waals surface area contributed by atoms with E-state index in [4.69, 9.17) is 27.9 Å². The van der Waals surface area contributed by atoms with Crippen LogP contribution in [0.4, 0.5) is 0 Å². The van der Waals surface area contributed by atoms with E-state index in [0.29, 0.717) is 28.8 Å². The first-order chi connectivity index (χ1) is 13.4. The van der Waals surface area contributed by atoms with E-state index in [1.807, 2.05) is 26.0 Å². The summed E-state index contributed by atoms with van der Waals surface area (Å²) in [6, 6.07) is 13.4. The summed E-state index contributed by atoms with van der Waals surface area (Å²) in [6.07, 6.45) is 0.488. The van der Waals surface area contributed by atoms with Gasteiger partial charge in [0.2, 0.25) is 5.91 Å². The molecule has 0 aliphatic rings. The third-order valence-electron chi connectivity index (χ3n) is 4.16. The van der Waals surface area contributed by atoms with E-state index in [-0.39, 0.29) is 25.0 Å². The minimum Gasteiger partial charge on any atom is -0.484 e. The first-order valence-corrected chi connectivity index (χ1v) is 9.90. The van der Waals surface area contributed by atoms with Gasteiger partial charge >= 0.3 is 0 Å². The number of amides is 2. The summed E-state index contributed by atoms with van der Waals surface area (Å²) < 4.78 is 5.59. The number of carbonyl (C=O) groups is 2. The van der Waals surface area contributed by atoms with Gasteiger partial charge in [-0.1, -0.05) is 48.3 Å². The SMILES string of the molecule is CCNC(=O)[C@@H](CC)N(Cc1ccc(Cl)cc1)C(=O)COc1cccc(Cl)c1. The molecule has 0 saturated carbocycles. The molecule has 0 aliphatic heterocycles. The van der Waals surface area contributed by atoms with E-state index in [1.54, 1.807) is 41.3 Å². The van der Waals surface area contributed by atoms with Gasteiger partial charge in [0.05, 0.1) is 0 Å². The molecular formula is C21H24Cl2N2O3. The van der Waals surface area contributed by atoms with Crippen LogP contribution in [0.1, 0.15) is 25.8 Å². The largest absolute Gasteiger partial charge is 0.484 e. The number of hydrogen-bond acceptors (Lipinski definition) is 3. The van der Waals surface area contributed by atoms with E-state index in [1.165, 1.54) is 0 Å². The van der Waals surface area contributed by atoms with E-state index in [2.05, 4.69) is 5.32 Å². The van der Waals surface area contributed by atoms with Crippen LogP contribution in [-0.4, -0.2) is 35.9 Å². The second kappa shape index (κ2) is 10.9. The van der Waals surface area contributed by atoms with Crippen LogP contribution in [0.25, 0.3) is 0 Å². The zero-order valence-corrected chi connectivity index (χ0v) is 17.5. The second-order valence-electron chi connectivity index (χ2n) is 6.21. The zero-order chi connectivity index (χ0) is 20.5. The third-order valence-corrected chi connectivity index (χ3v) is 4.65. The summed E-state index contributed by atoms with van der Waals surface area (Å²) in [5.41, 5.74) is 0.878. The Hall–Kier alpha value is -2.24. The molecule has 0 radical (unpaired) electrons. The van der Waals surface area contributed by atoms with Crippen LogP contribution in [0.15, 0.2) is 48.5 Å². The molecule has 0 spiro atoms. The van der Waals surface area contributed by atoms with Crippen LogP contribution in [0.5, 0.6) is 5.75 Å². The predicted octanol–water partition coefficient (Wildman–Crippen LogP) is 4.32. The Morgan fingerprint density at radius 1 is 1.07 bits per heavy atom. The van der Waals surface area contributed by atoms with Gasteiger partial charge in [0.15, 0.2) is 6.61 Å². The molecule has 7 heteroatoms. The maximum absolute atomic E-state index is 12.9. The lowest BCUT2D eigenvalue weighted by Gasteiger charge is -2.30. The van der Waals surface area contributed by atoms with Gasteiger partial charge in [0, 0.05) is 23.1 Å². The fourth-order valence-electron chi connectivity index (χ4n) is 2.78. The molecule has 5 nitrogen and oxygen atoms in total. The molecule has 2 amide bonds. The minimum atomic E-state index is -0.592. The molecule has 2 aromatic rings. The average molecular weight is 423 g/mol. The Labute approximate surface area is 175 Å². The predicted molar refractivity (Wildman–Crippen MR) is 112 cm³/mol. The summed E-state index contributed by atoms with van der Waals surface area (Å²) in [6.45, 7) is 4.31. The Morgan fingerprint density at radius 3 is 2.39 bits per heavy atom. The molecule has 0 saturated heterocycles. The van der Waals surface area contributed by atoms with Crippen LogP contribution in [0.2, 0.25) is 10.0 Å². The van der Waals surface area contributed by atoms with Crippen molar-refractivity contribution >= 4 is 35.0 Å². The highest BCUT2D eigenvalue weighted by atomic mass is 35.5. The van der Waals surface area contributed by atoms with Crippen LogP contribution in [0, 0.1) is 0 Å². The van der Waals surface area contributed by atoms with Gasteiger partial charge in [0.25, 0.3) is 5.91 Å². The fraction of sp³-hybridized carbons (Fsp3) is 0.333. The molecular weight excluding hydrogens is 399 g/mol. The molecule has 1 N–H and O–H groups in total. The van der Waals surface area contributed by atoms with E-state index >= 15 is 0 Å². The zero-order valence-electron chi connectivity index (χ0n) is 16.0. The third kappa shape index (κ3) is 6.43. The number of halogens is 2. The molecule has 2 rings (SSSR count). The Bertz CT molecular complexity index is 796. The monoisotopic (exact) mass is 422 g/mol. The molecule has 2 aromatic carbocycles. The lowest BCUT2D eigenvalue weighted by atomic mass is 10.1. The number of nitrogens with one attached hydrogen (secondary N) is 1. The first-order valence-electron chi connectivity index (χ1n) is 9.14. The number of nitrogens with zero attached hydrogens (tertiary/aromatic N) is 1. The summed E-state index contributed by atoms with van der Waals surface area (Å²) >= 11 is 11.9. The maximum atomic E-state index is 12.9. The highest BCUT2D eigenvalue weighted by Gasteiger charge is 2.28. The standard InChI is InChI=1S/C21H24Cl2N2O3/c1-3-19(21(27)24-4-2)25(13-15-8-10-16(22)11-9-15)20(26)14-28-18-7-5-6-17(23)12-18/h5-12,19H,3-4,13-14H2,1-2H3,(H,24,27)/t19-/m1/s1. The topological polar surface area (TPSA) is 58.6 Å². The maximum Gasteiger partial charge on any atom is 0.261 e. The van der Waals surface area contributed by atoms with Gasteiger partial charge in [-0.25, -0.2) is 0 Å². The molecule has 0 heterocycles. The van der Waals surface area contributed by atoms with Crippen molar-refractivity contribution in [3.8, 4) is 5.75 Å². The number of rotatable bonds is 9. The Morgan fingerprint density at radius 2 is 1.79 bits per heavy atom. The number of benzene rings is 2. The van der Waals surface area contributed by atoms with Crippen LogP contribution in [0.3, 0.4) is 0 Å². The van der Waals surface area contributed by atoms with Gasteiger partial charge in [-0.2, -0.15) is 0 Å². The quantitative estimate of drug-likeness (QED) is 0.654. The van der Waals surface area contributed by atoms with Crippen molar-refractivity contribution in [2.45, 2.75) is 32.9 Å². The van der Waals surface area contributed by atoms with Crippen molar-refractivity contribution in [3.63, 3.8) is 0 Å².